The first-order valence-electron chi connectivity index (χ1n) is 5.51. The van der Waals surface area contributed by atoms with E-state index >= 15 is 0 Å². The second kappa shape index (κ2) is 4.85. The molecule has 0 fully saturated rings. The molecular weight excluding hydrogens is 268 g/mol. The smallest absolute Gasteiger partial charge is 0.343 e. The van der Waals surface area contributed by atoms with Crippen molar-refractivity contribution >= 4 is 17.6 Å². The standard InChI is InChI=1S/C13H11ClN2O3/c1-6-5-8(3-4-9(6)14)11-15-7(2)10(13(18)19)12(17)16-11/h3-5H,1-2H3,(H,18,19)(H,15,16,17). The molecule has 0 atom stereocenters. The molecule has 1 aromatic heterocycles. The van der Waals surface area contributed by atoms with Crippen LogP contribution >= 0.6 is 11.6 Å². The van der Waals surface area contributed by atoms with E-state index in [4.69, 9.17) is 16.7 Å². The van der Waals surface area contributed by atoms with Gasteiger partial charge in [-0.2, -0.15) is 0 Å². The van der Waals surface area contributed by atoms with E-state index in [-0.39, 0.29) is 11.3 Å². The average Bonchev–Trinajstić information content (AvgIpc) is 2.31. The van der Waals surface area contributed by atoms with Crippen molar-refractivity contribution in [2.45, 2.75) is 13.8 Å². The van der Waals surface area contributed by atoms with Crippen molar-refractivity contribution in [3.8, 4) is 11.4 Å². The fraction of sp³-hybridized carbons (Fsp3) is 0.154. The maximum absolute atomic E-state index is 11.7. The zero-order valence-electron chi connectivity index (χ0n) is 10.3. The lowest BCUT2D eigenvalue weighted by Crippen LogP contribution is -2.21. The summed E-state index contributed by atoms with van der Waals surface area (Å²) < 4.78 is 0. The molecule has 98 valence electrons. The molecule has 5 nitrogen and oxygen atoms in total. The molecule has 0 saturated heterocycles. The van der Waals surface area contributed by atoms with Crippen LogP contribution in [0.4, 0.5) is 0 Å². The van der Waals surface area contributed by atoms with Gasteiger partial charge in [-0.3, -0.25) is 4.79 Å². The second-order valence-electron chi connectivity index (χ2n) is 4.14. The molecule has 1 aromatic carbocycles. The number of rotatable bonds is 2. The lowest BCUT2D eigenvalue weighted by atomic mass is 10.1. The fourth-order valence-electron chi connectivity index (χ4n) is 1.77. The van der Waals surface area contributed by atoms with E-state index in [2.05, 4.69) is 9.97 Å². The van der Waals surface area contributed by atoms with Gasteiger partial charge in [0, 0.05) is 10.6 Å². The van der Waals surface area contributed by atoms with Crippen molar-refractivity contribution < 1.29 is 9.90 Å². The van der Waals surface area contributed by atoms with Gasteiger partial charge in [-0.15, -0.1) is 0 Å². The van der Waals surface area contributed by atoms with Gasteiger partial charge < -0.3 is 10.1 Å². The van der Waals surface area contributed by atoms with Crippen molar-refractivity contribution in [2.75, 3.05) is 0 Å². The van der Waals surface area contributed by atoms with Gasteiger partial charge in [-0.05, 0) is 37.6 Å². The van der Waals surface area contributed by atoms with Gasteiger partial charge >= 0.3 is 5.97 Å². The summed E-state index contributed by atoms with van der Waals surface area (Å²) >= 11 is 5.93. The molecule has 0 aliphatic carbocycles. The summed E-state index contributed by atoms with van der Waals surface area (Å²) in [6, 6.07) is 5.20. The molecule has 0 saturated carbocycles. The first kappa shape index (κ1) is 13.3. The number of nitrogens with one attached hydrogen (secondary N) is 1. The number of hydrogen-bond acceptors (Lipinski definition) is 3. The Morgan fingerprint density at radius 2 is 2.05 bits per heavy atom. The third-order valence-corrected chi connectivity index (χ3v) is 3.17. The zero-order valence-corrected chi connectivity index (χ0v) is 11.1. The number of carboxylic acid groups (broad SMARTS) is 1. The van der Waals surface area contributed by atoms with Crippen LogP contribution < -0.4 is 5.56 Å². The number of halogens is 1. The van der Waals surface area contributed by atoms with Crippen molar-refractivity contribution in [2.24, 2.45) is 0 Å². The summed E-state index contributed by atoms with van der Waals surface area (Å²) in [5.41, 5.74) is 0.705. The minimum atomic E-state index is -1.29. The van der Waals surface area contributed by atoms with Gasteiger partial charge in [0.1, 0.15) is 11.4 Å². The molecule has 2 N–H and O–H groups in total. The van der Waals surface area contributed by atoms with Crippen molar-refractivity contribution in [1.29, 1.82) is 0 Å². The molecule has 0 spiro atoms. The number of hydrogen-bond donors (Lipinski definition) is 2. The van der Waals surface area contributed by atoms with E-state index < -0.39 is 11.5 Å². The highest BCUT2D eigenvalue weighted by Gasteiger charge is 2.15. The van der Waals surface area contributed by atoms with E-state index in [0.29, 0.717) is 16.4 Å². The molecule has 0 amide bonds. The normalized spacial score (nSPS) is 10.5. The van der Waals surface area contributed by atoms with Crippen LogP contribution in [0.5, 0.6) is 0 Å². The summed E-state index contributed by atoms with van der Waals surface area (Å²) in [4.78, 5) is 29.2. The van der Waals surface area contributed by atoms with Crippen LogP contribution in [0.3, 0.4) is 0 Å². The zero-order chi connectivity index (χ0) is 14.2. The first-order valence-corrected chi connectivity index (χ1v) is 5.88. The Bertz CT molecular complexity index is 722. The Labute approximate surface area is 113 Å². The number of nitrogens with zero attached hydrogens (tertiary/aromatic N) is 1. The molecular formula is C13H11ClN2O3. The topological polar surface area (TPSA) is 83.0 Å². The molecule has 0 bridgehead atoms. The summed E-state index contributed by atoms with van der Waals surface area (Å²) in [6.07, 6.45) is 0. The number of aryl methyl sites for hydroxylation is 2. The quantitative estimate of drug-likeness (QED) is 0.883. The SMILES string of the molecule is Cc1cc(-c2nc(C)c(C(=O)O)c(=O)[nH]2)ccc1Cl. The van der Waals surface area contributed by atoms with Crippen LogP contribution in [-0.2, 0) is 0 Å². The van der Waals surface area contributed by atoms with Crippen LogP contribution in [0.15, 0.2) is 23.0 Å². The van der Waals surface area contributed by atoms with E-state index in [9.17, 15) is 9.59 Å². The minimum absolute atomic E-state index is 0.179. The largest absolute Gasteiger partial charge is 0.477 e. The number of H-pyrrole nitrogens is 1. The molecule has 6 heteroatoms. The van der Waals surface area contributed by atoms with Crippen LogP contribution in [0, 0.1) is 13.8 Å². The Balaban J connectivity index is 2.61. The fourth-order valence-corrected chi connectivity index (χ4v) is 1.88. The Morgan fingerprint density at radius 3 is 2.58 bits per heavy atom. The van der Waals surface area contributed by atoms with E-state index in [1.54, 1.807) is 18.2 Å². The molecule has 0 aliphatic heterocycles. The monoisotopic (exact) mass is 278 g/mol. The molecule has 0 aliphatic rings. The second-order valence-corrected chi connectivity index (χ2v) is 4.55. The molecule has 0 unspecified atom stereocenters. The summed E-state index contributed by atoms with van der Waals surface area (Å²) in [5, 5.41) is 9.53. The Hall–Kier alpha value is -2.14. The minimum Gasteiger partial charge on any atom is -0.477 e. The third-order valence-electron chi connectivity index (χ3n) is 2.75. The molecule has 2 aromatic rings. The van der Waals surface area contributed by atoms with Gasteiger partial charge in [0.25, 0.3) is 5.56 Å². The predicted octanol–water partition coefficient (Wildman–Crippen LogP) is 2.41. The molecule has 2 rings (SSSR count). The first-order chi connectivity index (χ1) is 8.90. The maximum Gasteiger partial charge on any atom is 0.343 e. The van der Waals surface area contributed by atoms with E-state index in [1.807, 2.05) is 6.92 Å². The summed E-state index contributed by atoms with van der Waals surface area (Å²) in [5.74, 6) is -0.961. The summed E-state index contributed by atoms with van der Waals surface area (Å²) in [6.45, 7) is 3.33. The van der Waals surface area contributed by atoms with Crippen LogP contribution in [0.25, 0.3) is 11.4 Å². The number of aromatic nitrogens is 2. The lowest BCUT2D eigenvalue weighted by Gasteiger charge is -2.06. The highest BCUT2D eigenvalue weighted by Crippen LogP contribution is 2.22. The summed E-state index contributed by atoms with van der Waals surface area (Å²) in [7, 11) is 0. The van der Waals surface area contributed by atoms with Crippen molar-refractivity contribution in [3.63, 3.8) is 0 Å². The van der Waals surface area contributed by atoms with Gasteiger partial charge in [-0.25, -0.2) is 9.78 Å². The number of aromatic carboxylic acids is 1. The maximum atomic E-state index is 11.7. The number of carboxylic acids is 1. The third kappa shape index (κ3) is 2.51. The van der Waals surface area contributed by atoms with Gasteiger partial charge in [0.15, 0.2) is 0 Å². The lowest BCUT2D eigenvalue weighted by molar-refractivity contribution is 0.0693. The number of carbonyl (C=O) groups is 1. The van der Waals surface area contributed by atoms with Crippen molar-refractivity contribution in [3.05, 3.63) is 50.4 Å². The molecule has 19 heavy (non-hydrogen) atoms. The molecule has 1 heterocycles. The number of aromatic amines is 1. The average molecular weight is 279 g/mol. The van der Waals surface area contributed by atoms with Crippen molar-refractivity contribution in [1.82, 2.24) is 9.97 Å². The highest BCUT2D eigenvalue weighted by atomic mass is 35.5. The van der Waals surface area contributed by atoms with Crippen LogP contribution in [0.1, 0.15) is 21.6 Å². The number of benzene rings is 1. The van der Waals surface area contributed by atoms with Gasteiger partial charge in [0.05, 0.1) is 5.69 Å². The highest BCUT2D eigenvalue weighted by molar-refractivity contribution is 6.31. The van der Waals surface area contributed by atoms with E-state index in [1.165, 1.54) is 6.92 Å². The van der Waals surface area contributed by atoms with Gasteiger partial charge in [-0.1, -0.05) is 11.6 Å². The Kier molecular flexibility index (Phi) is 3.40. The predicted molar refractivity (Wildman–Crippen MR) is 71.7 cm³/mol. The van der Waals surface area contributed by atoms with Crippen LogP contribution in [0.2, 0.25) is 5.02 Å². The van der Waals surface area contributed by atoms with Crippen LogP contribution in [-0.4, -0.2) is 21.0 Å². The van der Waals surface area contributed by atoms with E-state index in [0.717, 1.165) is 5.56 Å². The molecule has 0 radical (unpaired) electrons. The van der Waals surface area contributed by atoms with Gasteiger partial charge in [0.2, 0.25) is 0 Å². The Morgan fingerprint density at radius 1 is 1.37 bits per heavy atom.